The first kappa shape index (κ1) is 41.2. The molecular formula is C44H74N2O6S. The van der Waals surface area contributed by atoms with Crippen LogP contribution in [-0.2, 0) is 24.3 Å². The summed E-state index contributed by atoms with van der Waals surface area (Å²) in [6.07, 6.45) is 16.4. The molecule has 0 unspecified atom stereocenters. The van der Waals surface area contributed by atoms with Crippen LogP contribution in [0.4, 0.5) is 0 Å². The molecule has 0 aromatic rings. The molecule has 0 radical (unpaired) electrons. The molecule has 6 rings (SSSR count). The second-order valence-electron chi connectivity index (χ2n) is 21.6. The SMILES string of the molecule is C=C(C)[C@@H]1CC[C@]2(CCN3CCC(NS(C)(=O)=O)CC3)CC[C@]3(C)[C@H](CC[C@@H]4[C@@]5(C)CC[C@H](OC(=O)CC(C)(C)CC(=O)O)C(C)(C)[C@@H]5CC[C@]43C)[C@@H]12. The van der Waals surface area contributed by atoms with Crippen LogP contribution in [0.5, 0.6) is 0 Å². The van der Waals surface area contributed by atoms with E-state index in [9.17, 15) is 23.1 Å². The molecule has 1 saturated heterocycles. The summed E-state index contributed by atoms with van der Waals surface area (Å²) in [7, 11) is -3.17. The smallest absolute Gasteiger partial charge is 0.306 e. The van der Waals surface area contributed by atoms with Gasteiger partial charge in [-0.1, -0.05) is 60.6 Å². The van der Waals surface area contributed by atoms with Crippen molar-refractivity contribution in [1.82, 2.24) is 9.62 Å². The van der Waals surface area contributed by atoms with Gasteiger partial charge in [-0.3, -0.25) is 9.59 Å². The average Bonchev–Trinajstić information content (AvgIpc) is 3.41. The van der Waals surface area contributed by atoms with Gasteiger partial charge in [-0.05, 0) is 167 Å². The van der Waals surface area contributed by atoms with Gasteiger partial charge < -0.3 is 14.7 Å². The zero-order chi connectivity index (χ0) is 39.0. The predicted molar refractivity (Wildman–Crippen MR) is 212 cm³/mol. The molecule has 5 saturated carbocycles. The number of carboxylic acid groups (broad SMARTS) is 1. The maximum Gasteiger partial charge on any atom is 0.306 e. The van der Waals surface area contributed by atoms with Crippen LogP contribution in [0.25, 0.3) is 0 Å². The number of carboxylic acids is 1. The maximum absolute atomic E-state index is 13.3. The summed E-state index contributed by atoms with van der Waals surface area (Å²) < 4.78 is 32.8. The van der Waals surface area contributed by atoms with Crippen molar-refractivity contribution in [2.24, 2.45) is 62.1 Å². The Morgan fingerprint density at radius 2 is 1.55 bits per heavy atom. The highest BCUT2D eigenvalue weighted by atomic mass is 32.2. The number of carbonyl (C=O) groups excluding carboxylic acids is 1. The van der Waals surface area contributed by atoms with Gasteiger partial charge in [0.05, 0.1) is 19.1 Å². The second-order valence-corrected chi connectivity index (χ2v) is 23.3. The Bertz CT molecular complexity index is 1530. The third-order valence-electron chi connectivity index (χ3n) is 17.6. The number of carbonyl (C=O) groups is 2. The Morgan fingerprint density at radius 1 is 0.868 bits per heavy atom. The number of sulfonamides is 1. The number of hydrogen-bond donors (Lipinski definition) is 2. The number of nitrogens with zero attached hydrogens (tertiary/aromatic N) is 1. The lowest BCUT2D eigenvalue weighted by Gasteiger charge is -2.73. The number of rotatable bonds is 11. The summed E-state index contributed by atoms with van der Waals surface area (Å²) in [5.74, 6) is 1.96. The first-order valence-corrected chi connectivity index (χ1v) is 23.1. The lowest BCUT2D eigenvalue weighted by molar-refractivity contribution is -0.250. The summed E-state index contributed by atoms with van der Waals surface area (Å²) in [6.45, 7) is 26.4. The number of aliphatic carboxylic acids is 1. The third-order valence-corrected chi connectivity index (χ3v) is 18.4. The number of likely N-dealkylation sites (tertiary alicyclic amines) is 1. The van der Waals surface area contributed by atoms with Gasteiger partial charge in [-0.15, -0.1) is 0 Å². The van der Waals surface area contributed by atoms with Gasteiger partial charge in [0.25, 0.3) is 0 Å². The van der Waals surface area contributed by atoms with E-state index in [1.807, 2.05) is 13.8 Å². The Hall–Kier alpha value is -1.45. The van der Waals surface area contributed by atoms with Crippen LogP contribution in [0.2, 0.25) is 0 Å². The van der Waals surface area contributed by atoms with Gasteiger partial charge in [-0.25, -0.2) is 13.1 Å². The van der Waals surface area contributed by atoms with Crippen molar-refractivity contribution in [2.45, 2.75) is 164 Å². The molecule has 0 spiro atoms. The van der Waals surface area contributed by atoms with Gasteiger partial charge in [-0.2, -0.15) is 0 Å². The highest BCUT2D eigenvalue weighted by molar-refractivity contribution is 7.88. The molecular weight excluding hydrogens is 685 g/mol. The average molecular weight is 759 g/mol. The summed E-state index contributed by atoms with van der Waals surface area (Å²) in [4.78, 5) is 27.3. The highest BCUT2D eigenvalue weighted by Crippen LogP contribution is 2.78. The molecule has 0 aromatic heterocycles. The summed E-state index contributed by atoms with van der Waals surface area (Å²) in [5.41, 5.74) is 1.69. The van der Waals surface area contributed by atoms with Crippen molar-refractivity contribution in [3.05, 3.63) is 12.2 Å². The quantitative estimate of drug-likeness (QED) is 0.160. The lowest BCUT2D eigenvalue weighted by Crippen LogP contribution is -2.66. The number of allylic oxidation sites excluding steroid dienone is 1. The Kier molecular flexibility index (Phi) is 11.0. The first-order valence-electron chi connectivity index (χ1n) is 21.2. The molecule has 10 atom stereocenters. The zero-order valence-electron chi connectivity index (χ0n) is 34.8. The molecule has 0 bridgehead atoms. The van der Waals surface area contributed by atoms with Gasteiger partial charge in [0, 0.05) is 11.5 Å². The van der Waals surface area contributed by atoms with E-state index in [-0.39, 0.29) is 52.6 Å². The van der Waals surface area contributed by atoms with E-state index in [4.69, 9.17) is 4.74 Å². The highest BCUT2D eigenvalue weighted by Gasteiger charge is 2.71. The molecule has 6 aliphatic rings. The van der Waals surface area contributed by atoms with Crippen molar-refractivity contribution in [1.29, 1.82) is 0 Å². The summed E-state index contributed by atoms with van der Waals surface area (Å²) in [5, 5.41) is 9.36. The molecule has 0 aromatic carbocycles. The molecule has 8 nitrogen and oxygen atoms in total. The van der Waals surface area contributed by atoms with Crippen molar-refractivity contribution in [3.8, 4) is 0 Å². The van der Waals surface area contributed by atoms with E-state index in [2.05, 4.69) is 57.7 Å². The monoisotopic (exact) mass is 759 g/mol. The van der Waals surface area contributed by atoms with Crippen molar-refractivity contribution in [3.63, 3.8) is 0 Å². The molecule has 6 fully saturated rings. The van der Waals surface area contributed by atoms with E-state index in [0.717, 1.165) is 45.3 Å². The van der Waals surface area contributed by atoms with Crippen LogP contribution in [0, 0.1) is 62.1 Å². The molecule has 1 heterocycles. The van der Waals surface area contributed by atoms with E-state index >= 15 is 0 Å². The van der Waals surface area contributed by atoms with Gasteiger partial charge in [0.15, 0.2) is 0 Å². The summed E-state index contributed by atoms with van der Waals surface area (Å²) in [6, 6.07) is 0.0631. The molecule has 9 heteroatoms. The first-order chi connectivity index (χ1) is 24.5. The molecule has 5 aliphatic carbocycles. The third kappa shape index (κ3) is 7.44. The number of ether oxygens (including phenoxy) is 1. The Labute approximate surface area is 322 Å². The van der Waals surface area contributed by atoms with Crippen LogP contribution in [0.1, 0.15) is 152 Å². The number of piperidine rings is 1. The molecule has 1 aliphatic heterocycles. The second kappa shape index (κ2) is 14.2. The minimum atomic E-state index is -3.17. The van der Waals surface area contributed by atoms with Crippen molar-refractivity contribution >= 4 is 22.0 Å². The van der Waals surface area contributed by atoms with E-state index < -0.39 is 21.4 Å². The van der Waals surface area contributed by atoms with Crippen LogP contribution in [0.3, 0.4) is 0 Å². The minimum absolute atomic E-state index is 0.0439. The van der Waals surface area contributed by atoms with Gasteiger partial charge >= 0.3 is 11.9 Å². The van der Waals surface area contributed by atoms with Crippen LogP contribution in [-0.4, -0.2) is 68.4 Å². The Morgan fingerprint density at radius 3 is 2.17 bits per heavy atom. The van der Waals surface area contributed by atoms with E-state index in [1.165, 1.54) is 69.6 Å². The van der Waals surface area contributed by atoms with Crippen LogP contribution in [0.15, 0.2) is 12.2 Å². The minimum Gasteiger partial charge on any atom is -0.481 e. The predicted octanol–water partition coefficient (Wildman–Crippen LogP) is 8.85. The Balaban J connectivity index is 1.18. The maximum atomic E-state index is 13.3. The normalized spacial score (nSPS) is 41.8. The fraction of sp³-hybridized carbons (Fsp3) is 0.909. The molecule has 2 N–H and O–H groups in total. The lowest BCUT2D eigenvalue weighted by atomic mass is 9.32. The van der Waals surface area contributed by atoms with Crippen molar-refractivity contribution in [2.75, 3.05) is 25.9 Å². The number of hydrogen-bond acceptors (Lipinski definition) is 6. The fourth-order valence-electron chi connectivity index (χ4n) is 14.9. The molecule has 302 valence electrons. The summed E-state index contributed by atoms with van der Waals surface area (Å²) >= 11 is 0. The molecule has 53 heavy (non-hydrogen) atoms. The van der Waals surface area contributed by atoms with Crippen LogP contribution >= 0.6 is 0 Å². The van der Waals surface area contributed by atoms with Crippen LogP contribution < -0.4 is 4.72 Å². The number of esters is 1. The van der Waals surface area contributed by atoms with Crippen molar-refractivity contribution < 1.29 is 27.9 Å². The molecule has 0 amide bonds. The number of fused-ring (bicyclic) bond motifs is 7. The van der Waals surface area contributed by atoms with E-state index in [1.54, 1.807) is 0 Å². The number of nitrogens with one attached hydrogen (secondary N) is 1. The largest absolute Gasteiger partial charge is 0.481 e. The standard InChI is InChI=1S/C44H74N2O6S/c1-29(2)31-13-20-44(23-26-46-24-16-30(17-25-46)45-53(10,50)51)22-21-42(8)32(38(31)44)11-12-34-41(7)18-15-35(40(5,6)33(41)14-19-43(34,42)9)52-37(49)28-39(3,4)27-36(47)48/h30-35,38,45H,1,11-28H2,2-10H3,(H,47,48)/t31-,32+,33-,34+,35-,38+,41-,42+,43+,44+/m0/s1. The van der Waals surface area contributed by atoms with E-state index in [0.29, 0.717) is 35.0 Å². The topological polar surface area (TPSA) is 113 Å². The van der Waals surface area contributed by atoms with Gasteiger partial charge in [0.1, 0.15) is 6.10 Å². The van der Waals surface area contributed by atoms with Gasteiger partial charge in [0.2, 0.25) is 10.0 Å². The fourth-order valence-corrected chi connectivity index (χ4v) is 15.8. The zero-order valence-corrected chi connectivity index (χ0v) is 35.6.